The van der Waals surface area contributed by atoms with Gasteiger partial charge in [-0.2, -0.15) is 0 Å². The Kier molecular flexibility index (Phi) is 2.65. The average Bonchev–Trinajstić information content (AvgIpc) is 2.89. The van der Waals surface area contributed by atoms with E-state index in [1.165, 1.54) is 0 Å². The predicted octanol–water partition coefficient (Wildman–Crippen LogP) is 1.07. The average molecular weight is 222 g/mol. The van der Waals surface area contributed by atoms with Crippen LogP contribution in [0.3, 0.4) is 0 Å². The van der Waals surface area contributed by atoms with E-state index in [0.717, 1.165) is 5.56 Å². The zero-order valence-electron chi connectivity index (χ0n) is 8.78. The SMILES string of the molecule is OC[C@H]1CO[C@H]2OC(c3ccccc3)OC12. The van der Waals surface area contributed by atoms with Crippen LogP contribution in [0.2, 0.25) is 0 Å². The number of hydrogen-bond acceptors (Lipinski definition) is 4. The molecule has 0 aromatic heterocycles. The minimum Gasteiger partial charge on any atom is -0.396 e. The first-order valence-electron chi connectivity index (χ1n) is 5.47. The lowest BCUT2D eigenvalue weighted by Gasteiger charge is -2.14. The molecule has 1 N–H and O–H groups in total. The van der Waals surface area contributed by atoms with Crippen molar-refractivity contribution < 1.29 is 19.3 Å². The fraction of sp³-hybridized carbons (Fsp3) is 0.500. The smallest absolute Gasteiger partial charge is 0.187 e. The van der Waals surface area contributed by atoms with Crippen molar-refractivity contribution in [3.8, 4) is 0 Å². The molecule has 86 valence electrons. The highest BCUT2D eigenvalue weighted by atomic mass is 16.8. The van der Waals surface area contributed by atoms with Gasteiger partial charge in [0.05, 0.1) is 13.2 Å². The molecule has 0 radical (unpaired) electrons. The quantitative estimate of drug-likeness (QED) is 0.813. The largest absolute Gasteiger partial charge is 0.396 e. The van der Waals surface area contributed by atoms with Gasteiger partial charge in [-0.3, -0.25) is 0 Å². The van der Waals surface area contributed by atoms with E-state index in [4.69, 9.17) is 19.3 Å². The number of aliphatic hydroxyl groups is 1. The fourth-order valence-electron chi connectivity index (χ4n) is 2.14. The molecule has 1 aromatic rings. The third-order valence-corrected chi connectivity index (χ3v) is 3.05. The van der Waals surface area contributed by atoms with Crippen molar-refractivity contribution in [2.45, 2.75) is 18.7 Å². The Morgan fingerprint density at radius 3 is 2.75 bits per heavy atom. The molecule has 16 heavy (non-hydrogen) atoms. The summed E-state index contributed by atoms with van der Waals surface area (Å²) in [7, 11) is 0. The van der Waals surface area contributed by atoms with Gasteiger partial charge in [-0.1, -0.05) is 30.3 Å². The Morgan fingerprint density at radius 2 is 2.00 bits per heavy atom. The van der Waals surface area contributed by atoms with Gasteiger partial charge in [0, 0.05) is 11.5 Å². The minimum absolute atomic E-state index is 0.0266. The highest BCUT2D eigenvalue weighted by molar-refractivity contribution is 5.16. The third-order valence-electron chi connectivity index (χ3n) is 3.05. The van der Waals surface area contributed by atoms with Gasteiger partial charge in [0.1, 0.15) is 6.10 Å². The molecule has 2 heterocycles. The molecule has 4 nitrogen and oxygen atoms in total. The molecule has 2 fully saturated rings. The molecule has 0 aliphatic carbocycles. The van der Waals surface area contributed by atoms with Crippen LogP contribution in [0.25, 0.3) is 0 Å². The minimum atomic E-state index is -0.370. The van der Waals surface area contributed by atoms with Crippen molar-refractivity contribution in [2.24, 2.45) is 5.92 Å². The van der Waals surface area contributed by atoms with Crippen molar-refractivity contribution in [2.75, 3.05) is 13.2 Å². The van der Waals surface area contributed by atoms with E-state index in [2.05, 4.69) is 0 Å². The normalized spacial score (nSPS) is 37.6. The number of hydrogen-bond donors (Lipinski definition) is 1. The molecule has 2 aliphatic rings. The van der Waals surface area contributed by atoms with Crippen molar-refractivity contribution in [3.63, 3.8) is 0 Å². The fourth-order valence-corrected chi connectivity index (χ4v) is 2.14. The molecule has 2 unspecified atom stereocenters. The maximum absolute atomic E-state index is 9.15. The topological polar surface area (TPSA) is 47.9 Å². The molecule has 2 saturated heterocycles. The summed E-state index contributed by atoms with van der Waals surface area (Å²) in [6, 6.07) is 9.76. The van der Waals surface area contributed by atoms with Crippen LogP contribution in [0, 0.1) is 5.92 Å². The van der Waals surface area contributed by atoms with Crippen LogP contribution in [0.15, 0.2) is 30.3 Å². The van der Waals surface area contributed by atoms with Gasteiger partial charge in [-0.15, -0.1) is 0 Å². The monoisotopic (exact) mass is 222 g/mol. The highest BCUT2D eigenvalue weighted by Gasteiger charge is 2.46. The second-order valence-corrected chi connectivity index (χ2v) is 4.12. The van der Waals surface area contributed by atoms with Gasteiger partial charge in [0.15, 0.2) is 12.6 Å². The van der Waals surface area contributed by atoms with E-state index >= 15 is 0 Å². The van der Waals surface area contributed by atoms with E-state index in [-0.39, 0.29) is 31.2 Å². The number of rotatable bonds is 2. The first-order chi connectivity index (χ1) is 7.88. The summed E-state index contributed by atoms with van der Waals surface area (Å²) in [6.07, 6.45) is -0.844. The van der Waals surface area contributed by atoms with Crippen molar-refractivity contribution in [1.29, 1.82) is 0 Å². The molecule has 4 heteroatoms. The van der Waals surface area contributed by atoms with E-state index in [1.807, 2.05) is 30.3 Å². The van der Waals surface area contributed by atoms with Crippen LogP contribution in [-0.2, 0) is 14.2 Å². The standard InChI is InChI=1S/C12H14O4/c13-6-9-7-14-12-10(9)15-11(16-12)8-4-2-1-3-5-8/h1-5,9-13H,6-7H2/t9-,10?,11?,12-/m0/s1. The maximum atomic E-state index is 9.15. The molecule has 4 atom stereocenters. The zero-order chi connectivity index (χ0) is 11.0. The number of ether oxygens (including phenoxy) is 3. The van der Waals surface area contributed by atoms with Crippen LogP contribution < -0.4 is 0 Å². The molecular weight excluding hydrogens is 208 g/mol. The second-order valence-electron chi connectivity index (χ2n) is 4.12. The summed E-state index contributed by atoms with van der Waals surface area (Å²) in [5.41, 5.74) is 0.984. The van der Waals surface area contributed by atoms with Crippen LogP contribution in [0.4, 0.5) is 0 Å². The van der Waals surface area contributed by atoms with Crippen LogP contribution in [0.5, 0.6) is 0 Å². The first-order valence-corrected chi connectivity index (χ1v) is 5.47. The Bertz CT molecular complexity index is 353. The van der Waals surface area contributed by atoms with Gasteiger partial charge >= 0.3 is 0 Å². The van der Waals surface area contributed by atoms with Crippen LogP contribution >= 0.6 is 0 Å². The molecular formula is C12H14O4. The number of benzene rings is 1. The zero-order valence-corrected chi connectivity index (χ0v) is 8.78. The van der Waals surface area contributed by atoms with Crippen LogP contribution in [-0.4, -0.2) is 30.7 Å². The van der Waals surface area contributed by atoms with Gasteiger partial charge in [-0.25, -0.2) is 0 Å². The van der Waals surface area contributed by atoms with Crippen LogP contribution in [0.1, 0.15) is 11.9 Å². The number of aliphatic hydroxyl groups excluding tert-OH is 1. The molecule has 0 saturated carbocycles. The Labute approximate surface area is 93.7 Å². The first kappa shape index (κ1) is 10.2. The van der Waals surface area contributed by atoms with Crippen molar-refractivity contribution >= 4 is 0 Å². The number of fused-ring (bicyclic) bond motifs is 1. The predicted molar refractivity (Wildman–Crippen MR) is 55.5 cm³/mol. The third kappa shape index (κ3) is 1.64. The Balaban J connectivity index is 1.74. The molecule has 3 rings (SSSR count). The Morgan fingerprint density at radius 1 is 1.19 bits per heavy atom. The Hall–Kier alpha value is -0.940. The highest BCUT2D eigenvalue weighted by Crippen LogP contribution is 2.38. The van der Waals surface area contributed by atoms with E-state index in [1.54, 1.807) is 0 Å². The molecule has 0 amide bonds. The molecule has 2 aliphatic heterocycles. The summed E-state index contributed by atoms with van der Waals surface area (Å²) in [6.45, 7) is 0.583. The lowest BCUT2D eigenvalue weighted by atomic mass is 10.1. The van der Waals surface area contributed by atoms with E-state index < -0.39 is 0 Å². The summed E-state index contributed by atoms with van der Waals surface area (Å²) >= 11 is 0. The summed E-state index contributed by atoms with van der Waals surface area (Å²) < 4.78 is 16.8. The summed E-state index contributed by atoms with van der Waals surface area (Å²) in [5, 5.41) is 9.15. The summed E-state index contributed by atoms with van der Waals surface area (Å²) in [5.74, 6) is 0.0266. The van der Waals surface area contributed by atoms with Gasteiger partial charge in [0.25, 0.3) is 0 Å². The molecule has 0 spiro atoms. The lowest BCUT2D eigenvalue weighted by molar-refractivity contribution is -0.145. The van der Waals surface area contributed by atoms with Gasteiger partial charge in [-0.05, 0) is 0 Å². The summed E-state index contributed by atoms with van der Waals surface area (Å²) in [4.78, 5) is 0. The van der Waals surface area contributed by atoms with E-state index in [0.29, 0.717) is 6.61 Å². The molecule has 0 bridgehead atoms. The second kappa shape index (κ2) is 4.14. The maximum Gasteiger partial charge on any atom is 0.187 e. The van der Waals surface area contributed by atoms with Gasteiger partial charge in [0.2, 0.25) is 0 Å². The molecule has 1 aromatic carbocycles. The van der Waals surface area contributed by atoms with Crippen molar-refractivity contribution in [1.82, 2.24) is 0 Å². The van der Waals surface area contributed by atoms with Crippen molar-refractivity contribution in [3.05, 3.63) is 35.9 Å². The van der Waals surface area contributed by atoms with Gasteiger partial charge < -0.3 is 19.3 Å². The lowest BCUT2D eigenvalue weighted by Crippen LogP contribution is -2.25. The van der Waals surface area contributed by atoms with E-state index in [9.17, 15) is 0 Å².